The Bertz CT molecular complexity index is 590. The Balaban J connectivity index is 1.67. The van der Waals surface area contributed by atoms with Gasteiger partial charge in [-0.05, 0) is 61.0 Å². The van der Waals surface area contributed by atoms with Gasteiger partial charge >= 0.3 is 5.97 Å². The predicted octanol–water partition coefficient (Wildman–Crippen LogP) is 2.06. The van der Waals surface area contributed by atoms with E-state index >= 15 is 0 Å². The molecule has 1 heterocycles. The van der Waals surface area contributed by atoms with Crippen molar-refractivity contribution in [2.45, 2.75) is 65.5 Å². The highest BCUT2D eigenvalue weighted by atomic mass is 16.5. The number of aliphatic hydroxyl groups is 1. The predicted molar refractivity (Wildman–Crippen MR) is 87.1 cm³/mol. The van der Waals surface area contributed by atoms with Gasteiger partial charge in [0.05, 0.1) is 19.3 Å². The first-order valence-electron chi connectivity index (χ1n) is 9.08. The molecule has 2 aliphatic carbocycles. The average molecular weight is 336 g/mol. The Hall–Kier alpha value is -1.50. The first kappa shape index (κ1) is 17.3. The second kappa shape index (κ2) is 6.78. The van der Waals surface area contributed by atoms with Gasteiger partial charge in [0.2, 0.25) is 0 Å². The van der Waals surface area contributed by atoms with Crippen molar-refractivity contribution in [1.29, 1.82) is 0 Å². The van der Waals surface area contributed by atoms with Crippen LogP contribution < -0.4 is 0 Å². The number of esters is 1. The summed E-state index contributed by atoms with van der Waals surface area (Å²) >= 11 is 0. The smallest absolute Gasteiger partial charge is 0.380 e. The molecule has 7 nitrogen and oxygen atoms in total. The Morgan fingerprint density at radius 2 is 2.25 bits per heavy atom. The summed E-state index contributed by atoms with van der Waals surface area (Å²) in [7, 11) is 0. The van der Waals surface area contributed by atoms with Gasteiger partial charge in [-0.15, -0.1) is 10.2 Å². The molecule has 0 radical (unpaired) electrons. The third kappa shape index (κ3) is 3.06. The van der Waals surface area contributed by atoms with Crippen LogP contribution >= 0.6 is 0 Å². The van der Waals surface area contributed by atoms with E-state index in [1.54, 1.807) is 6.92 Å². The van der Waals surface area contributed by atoms with Crippen molar-refractivity contribution < 1.29 is 14.6 Å². The number of hydrogen-bond donors (Lipinski definition) is 1. The molecule has 0 amide bonds. The van der Waals surface area contributed by atoms with Crippen LogP contribution in [0.25, 0.3) is 0 Å². The van der Waals surface area contributed by atoms with E-state index in [1.807, 2.05) is 0 Å². The van der Waals surface area contributed by atoms with E-state index in [4.69, 9.17) is 4.74 Å². The zero-order valence-electron chi connectivity index (χ0n) is 14.8. The zero-order chi connectivity index (χ0) is 17.3. The molecule has 24 heavy (non-hydrogen) atoms. The highest BCUT2D eigenvalue weighted by molar-refractivity contribution is 5.84. The molecule has 2 aliphatic rings. The summed E-state index contributed by atoms with van der Waals surface area (Å²) in [5.41, 5.74) is 0.196. The highest BCUT2D eigenvalue weighted by Crippen LogP contribution is 2.57. The molecule has 2 saturated carbocycles. The number of ether oxygens (including phenoxy) is 1. The van der Waals surface area contributed by atoms with Gasteiger partial charge in [-0.25, -0.2) is 4.79 Å². The topological polar surface area (TPSA) is 90.1 Å². The molecule has 0 unspecified atom stereocenters. The van der Waals surface area contributed by atoms with Gasteiger partial charge in [0, 0.05) is 0 Å². The standard InChI is InChI=1S/C17H28N4O3/c1-4-24-16(23)15-18-20-21(19-15)10-11(2)12-7-8-13-14(22)6-5-9-17(12,13)3/h11-14,22H,4-10H2,1-3H3/t11-,12-,13+,14+,17-/m1/s1. The van der Waals surface area contributed by atoms with Gasteiger partial charge in [-0.1, -0.05) is 20.3 Å². The molecular weight excluding hydrogens is 308 g/mol. The van der Waals surface area contributed by atoms with Gasteiger partial charge in [-0.3, -0.25) is 0 Å². The normalized spacial score (nSPS) is 33.9. The first-order valence-corrected chi connectivity index (χ1v) is 9.08. The van der Waals surface area contributed by atoms with Crippen LogP contribution in [0.15, 0.2) is 0 Å². The number of aliphatic hydroxyl groups excluding tert-OH is 1. The maximum Gasteiger partial charge on any atom is 0.380 e. The van der Waals surface area contributed by atoms with E-state index in [9.17, 15) is 9.90 Å². The molecule has 7 heteroatoms. The monoisotopic (exact) mass is 336 g/mol. The van der Waals surface area contributed by atoms with Gasteiger partial charge < -0.3 is 9.84 Å². The number of carbonyl (C=O) groups is 1. The summed E-state index contributed by atoms with van der Waals surface area (Å²) < 4.78 is 4.90. The Morgan fingerprint density at radius 3 is 3.00 bits per heavy atom. The fraction of sp³-hybridized carbons (Fsp3) is 0.882. The lowest BCUT2D eigenvalue weighted by atomic mass is 9.62. The van der Waals surface area contributed by atoms with Gasteiger partial charge in [-0.2, -0.15) is 4.80 Å². The SMILES string of the molecule is CCOC(=O)c1nnn(C[C@@H](C)[C@H]2CC[C@H]3[C@@H](O)CCC[C@]23C)n1. The quantitative estimate of drug-likeness (QED) is 0.828. The van der Waals surface area contributed by atoms with Crippen molar-refractivity contribution >= 4 is 5.97 Å². The van der Waals surface area contributed by atoms with E-state index in [0.29, 0.717) is 30.9 Å². The van der Waals surface area contributed by atoms with Crippen molar-refractivity contribution in [2.24, 2.45) is 23.2 Å². The molecule has 0 aliphatic heterocycles. The van der Waals surface area contributed by atoms with Crippen molar-refractivity contribution in [2.75, 3.05) is 6.61 Å². The summed E-state index contributed by atoms with van der Waals surface area (Å²) in [6.45, 7) is 7.24. The summed E-state index contributed by atoms with van der Waals surface area (Å²) in [5, 5.41) is 22.3. The molecule has 1 N–H and O–H groups in total. The number of fused-ring (bicyclic) bond motifs is 1. The van der Waals surface area contributed by atoms with Crippen molar-refractivity contribution in [3.05, 3.63) is 5.82 Å². The second-order valence-electron chi connectivity index (χ2n) is 7.62. The molecule has 5 atom stereocenters. The van der Waals surface area contributed by atoms with E-state index in [0.717, 1.165) is 25.7 Å². The third-order valence-electron chi connectivity index (χ3n) is 6.21. The van der Waals surface area contributed by atoms with E-state index in [-0.39, 0.29) is 17.3 Å². The molecule has 0 aromatic carbocycles. The van der Waals surface area contributed by atoms with Crippen LogP contribution in [-0.2, 0) is 11.3 Å². The minimum Gasteiger partial charge on any atom is -0.460 e. The van der Waals surface area contributed by atoms with Crippen LogP contribution in [-0.4, -0.2) is 44.0 Å². The summed E-state index contributed by atoms with van der Waals surface area (Å²) in [6.07, 6.45) is 5.31. The van der Waals surface area contributed by atoms with Crippen LogP contribution in [0.2, 0.25) is 0 Å². The maximum atomic E-state index is 11.6. The Morgan fingerprint density at radius 1 is 1.46 bits per heavy atom. The van der Waals surface area contributed by atoms with Gasteiger partial charge in [0.25, 0.3) is 5.82 Å². The summed E-state index contributed by atoms with van der Waals surface area (Å²) in [5.74, 6) is 0.814. The van der Waals surface area contributed by atoms with Crippen molar-refractivity contribution in [3.63, 3.8) is 0 Å². The number of hydrogen-bond acceptors (Lipinski definition) is 6. The molecule has 2 fully saturated rings. The lowest BCUT2D eigenvalue weighted by molar-refractivity contribution is -0.0290. The molecule has 0 bridgehead atoms. The fourth-order valence-corrected chi connectivity index (χ4v) is 5.11. The number of nitrogens with zero attached hydrogens (tertiary/aromatic N) is 4. The van der Waals surface area contributed by atoms with Crippen LogP contribution in [0.4, 0.5) is 0 Å². The highest BCUT2D eigenvalue weighted by Gasteiger charge is 2.52. The van der Waals surface area contributed by atoms with Crippen molar-refractivity contribution in [3.8, 4) is 0 Å². The Kier molecular flexibility index (Phi) is 4.90. The number of tetrazole rings is 1. The largest absolute Gasteiger partial charge is 0.460 e. The molecule has 0 saturated heterocycles. The van der Waals surface area contributed by atoms with Gasteiger partial charge in [0.1, 0.15) is 0 Å². The summed E-state index contributed by atoms with van der Waals surface area (Å²) in [4.78, 5) is 13.2. The number of rotatable bonds is 5. The van der Waals surface area contributed by atoms with Crippen LogP contribution in [0.5, 0.6) is 0 Å². The van der Waals surface area contributed by atoms with Crippen molar-refractivity contribution in [1.82, 2.24) is 20.2 Å². The lowest BCUT2D eigenvalue weighted by Gasteiger charge is -2.45. The van der Waals surface area contributed by atoms with Crippen LogP contribution in [0, 0.1) is 23.2 Å². The molecular formula is C17H28N4O3. The molecule has 1 aromatic heterocycles. The number of aromatic nitrogens is 4. The minimum atomic E-state index is -0.528. The average Bonchev–Trinajstić information content (AvgIpc) is 3.12. The first-order chi connectivity index (χ1) is 11.5. The minimum absolute atomic E-state index is 0.0210. The maximum absolute atomic E-state index is 11.6. The van der Waals surface area contributed by atoms with E-state index < -0.39 is 5.97 Å². The molecule has 0 spiro atoms. The van der Waals surface area contributed by atoms with Gasteiger partial charge in [0.15, 0.2) is 0 Å². The molecule has 3 rings (SSSR count). The summed E-state index contributed by atoms with van der Waals surface area (Å²) in [6, 6.07) is 0. The molecule has 1 aromatic rings. The molecule has 134 valence electrons. The lowest BCUT2D eigenvalue weighted by Crippen LogP contribution is -2.42. The van der Waals surface area contributed by atoms with Crippen LogP contribution in [0.1, 0.15) is 63.5 Å². The van der Waals surface area contributed by atoms with Crippen LogP contribution in [0.3, 0.4) is 0 Å². The second-order valence-corrected chi connectivity index (χ2v) is 7.62. The third-order valence-corrected chi connectivity index (χ3v) is 6.21. The van der Waals surface area contributed by atoms with E-state index in [2.05, 4.69) is 29.3 Å². The fourth-order valence-electron chi connectivity index (χ4n) is 5.11. The Labute approximate surface area is 142 Å². The zero-order valence-corrected chi connectivity index (χ0v) is 14.8. The van der Waals surface area contributed by atoms with E-state index in [1.165, 1.54) is 11.2 Å². The number of carbonyl (C=O) groups excluding carboxylic acids is 1.